The number of ether oxygens (including phenoxy) is 2. The molecule has 144 valence electrons. The topological polar surface area (TPSA) is 146 Å². The number of nitrogens with one attached hydrogen (secondary N) is 1. The van der Waals surface area contributed by atoms with Gasteiger partial charge in [0.05, 0.1) is 5.69 Å². The number of aliphatic hydroxyl groups is 3. The van der Waals surface area contributed by atoms with E-state index in [0.29, 0.717) is 5.39 Å². The molecule has 27 heavy (non-hydrogen) atoms. The summed E-state index contributed by atoms with van der Waals surface area (Å²) in [7, 11) is 0. The van der Waals surface area contributed by atoms with Crippen molar-refractivity contribution >= 4 is 28.3 Å². The number of hydrogen-bond acceptors (Lipinski definition) is 7. The van der Waals surface area contributed by atoms with Gasteiger partial charge >= 0.3 is 5.97 Å². The predicted octanol–water partition coefficient (Wildman–Crippen LogP) is 0.0692. The van der Waals surface area contributed by atoms with E-state index in [1.807, 2.05) is 0 Å². The van der Waals surface area contributed by atoms with Crippen LogP contribution in [0.15, 0.2) is 36.4 Å². The minimum atomic E-state index is -1.82. The van der Waals surface area contributed by atoms with Crippen LogP contribution in [0.2, 0.25) is 0 Å². The maximum Gasteiger partial charge on any atom is 0.335 e. The Balaban J connectivity index is 2.01. The lowest BCUT2D eigenvalue weighted by Gasteiger charge is -2.38. The largest absolute Gasteiger partial charge is 0.479 e. The summed E-state index contributed by atoms with van der Waals surface area (Å²) in [5, 5.41) is 43.0. The Bertz CT molecular complexity index is 870. The number of carboxylic acids is 1. The number of benzene rings is 2. The molecule has 9 nitrogen and oxygen atoms in total. The van der Waals surface area contributed by atoms with Crippen LogP contribution in [0, 0.1) is 0 Å². The molecule has 0 saturated carbocycles. The van der Waals surface area contributed by atoms with Crippen molar-refractivity contribution in [3.8, 4) is 5.75 Å². The lowest BCUT2D eigenvalue weighted by molar-refractivity contribution is -0.270. The first-order valence-corrected chi connectivity index (χ1v) is 8.18. The standard InChI is InChI=1S/C18H19NO8/c1-8(20)19-11-7-6-9-4-2-3-5-10(9)15(11)26-18-14(23)12(21)13(22)16(27-18)17(24)25/h2-7,12-14,16,18,21-23H,1H3,(H,19,20)(H,24,25)/t12-,13-,14+,16-,18+/m0/s1. The van der Waals surface area contributed by atoms with Crippen molar-refractivity contribution in [1.82, 2.24) is 0 Å². The quantitative estimate of drug-likeness (QED) is 0.503. The van der Waals surface area contributed by atoms with E-state index in [9.17, 15) is 24.9 Å². The molecule has 1 aliphatic heterocycles. The molecule has 1 aliphatic rings. The van der Waals surface area contributed by atoms with Crippen LogP contribution in [0.25, 0.3) is 10.8 Å². The van der Waals surface area contributed by atoms with Crippen LogP contribution in [0.3, 0.4) is 0 Å². The van der Waals surface area contributed by atoms with Gasteiger partial charge in [0.15, 0.2) is 11.9 Å². The summed E-state index contributed by atoms with van der Waals surface area (Å²) in [4.78, 5) is 22.7. The van der Waals surface area contributed by atoms with Crippen molar-refractivity contribution < 1.29 is 39.5 Å². The van der Waals surface area contributed by atoms with Gasteiger partial charge in [-0.1, -0.05) is 30.3 Å². The molecule has 1 saturated heterocycles. The van der Waals surface area contributed by atoms with Crippen LogP contribution in [-0.2, 0) is 14.3 Å². The van der Waals surface area contributed by atoms with Crippen LogP contribution in [0.5, 0.6) is 5.75 Å². The van der Waals surface area contributed by atoms with E-state index >= 15 is 0 Å². The van der Waals surface area contributed by atoms with E-state index in [2.05, 4.69) is 5.32 Å². The number of amides is 1. The fourth-order valence-corrected chi connectivity index (χ4v) is 2.92. The summed E-state index contributed by atoms with van der Waals surface area (Å²) in [5.41, 5.74) is 0.282. The average molecular weight is 377 g/mol. The molecule has 0 unspecified atom stereocenters. The van der Waals surface area contributed by atoms with Gasteiger partial charge in [-0.15, -0.1) is 0 Å². The van der Waals surface area contributed by atoms with Crippen LogP contribution in [0.4, 0.5) is 5.69 Å². The first kappa shape index (κ1) is 19.1. The highest BCUT2D eigenvalue weighted by atomic mass is 16.7. The zero-order chi connectivity index (χ0) is 19.7. The van der Waals surface area contributed by atoms with Crippen molar-refractivity contribution in [3.05, 3.63) is 36.4 Å². The number of hydrogen-bond donors (Lipinski definition) is 5. The molecular weight excluding hydrogens is 358 g/mol. The zero-order valence-corrected chi connectivity index (χ0v) is 14.3. The highest BCUT2D eigenvalue weighted by Gasteiger charge is 2.48. The molecule has 0 aromatic heterocycles. The Kier molecular flexibility index (Phi) is 5.29. The maximum absolute atomic E-state index is 11.5. The van der Waals surface area contributed by atoms with Crippen molar-refractivity contribution in [2.24, 2.45) is 0 Å². The first-order valence-electron chi connectivity index (χ1n) is 8.18. The molecule has 1 heterocycles. The summed E-state index contributed by atoms with van der Waals surface area (Å²) in [6, 6.07) is 10.4. The fourth-order valence-electron chi connectivity index (χ4n) is 2.92. The van der Waals surface area contributed by atoms with Crippen LogP contribution in [-0.4, -0.2) is 63.0 Å². The number of carbonyl (C=O) groups is 2. The molecule has 1 fully saturated rings. The number of aliphatic hydroxyl groups excluding tert-OH is 3. The van der Waals surface area contributed by atoms with E-state index in [1.165, 1.54) is 6.92 Å². The Hall–Kier alpha value is -2.72. The van der Waals surface area contributed by atoms with E-state index in [0.717, 1.165) is 5.39 Å². The average Bonchev–Trinajstić information content (AvgIpc) is 2.63. The number of rotatable bonds is 4. The summed E-state index contributed by atoms with van der Waals surface area (Å²) < 4.78 is 10.9. The SMILES string of the molecule is CC(=O)Nc1ccc2ccccc2c1O[C@@H]1O[C@H](C(=O)O)[C@@H](O)[C@H](O)[C@H]1O. The van der Waals surface area contributed by atoms with Gasteiger partial charge in [0, 0.05) is 12.3 Å². The molecule has 9 heteroatoms. The second kappa shape index (κ2) is 7.49. The molecule has 1 amide bonds. The van der Waals surface area contributed by atoms with Gasteiger partial charge in [-0.3, -0.25) is 4.79 Å². The lowest BCUT2D eigenvalue weighted by Crippen LogP contribution is -2.61. The van der Waals surface area contributed by atoms with Gasteiger partial charge in [0.2, 0.25) is 12.2 Å². The molecule has 0 radical (unpaired) electrons. The number of aliphatic carboxylic acids is 1. The summed E-state index contributed by atoms with van der Waals surface area (Å²) in [6.45, 7) is 1.31. The second-order valence-corrected chi connectivity index (χ2v) is 6.20. The Morgan fingerprint density at radius 1 is 1.04 bits per heavy atom. The minimum Gasteiger partial charge on any atom is -0.479 e. The van der Waals surface area contributed by atoms with Gasteiger partial charge in [0.25, 0.3) is 0 Å². The van der Waals surface area contributed by atoms with E-state index in [4.69, 9.17) is 14.6 Å². The highest BCUT2D eigenvalue weighted by molar-refractivity contribution is 5.98. The van der Waals surface area contributed by atoms with Crippen molar-refractivity contribution in [2.75, 3.05) is 5.32 Å². The zero-order valence-electron chi connectivity index (χ0n) is 14.3. The highest BCUT2D eigenvalue weighted by Crippen LogP contribution is 2.36. The van der Waals surface area contributed by atoms with E-state index < -0.39 is 36.7 Å². The molecule has 0 aliphatic carbocycles. The molecular formula is C18H19NO8. The number of fused-ring (bicyclic) bond motifs is 1. The predicted molar refractivity (Wildman–Crippen MR) is 93.2 cm³/mol. The Labute approximate surface area is 153 Å². The fraction of sp³-hybridized carbons (Fsp3) is 0.333. The minimum absolute atomic E-state index is 0.139. The van der Waals surface area contributed by atoms with Crippen LogP contribution in [0.1, 0.15) is 6.92 Å². The molecule has 2 aromatic rings. The van der Waals surface area contributed by atoms with Crippen LogP contribution >= 0.6 is 0 Å². The maximum atomic E-state index is 11.5. The normalized spacial score (nSPS) is 27.9. The first-order chi connectivity index (χ1) is 12.8. The van der Waals surface area contributed by atoms with Crippen LogP contribution < -0.4 is 10.1 Å². The number of anilines is 1. The van der Waals surface area contributed by atoms with Gasteiger partial charge in [-0.25, -0.2) is 4.79 Å². The molecule has 2 aromatic carbocycles. The van der Waals surface area contributed by atoms with Crippen molar-refractivity contribution in [2.45, 2.75) is 37.6 Å². The Morgan fingerprint density at radius 2 is 1.74 bits per heavy atom. The smallest absolute Gasteiger partial charge is 0.335 e. The molecule has 5 atom stereocenters. The summed E-state index contributed by atoms with van der Waals surface area (Å²) in [6.07, 6.45) is -8.68. The van der Waals surface area contributed by atoms with Gasteiger partial charge in [0.1, 0.15) is 18.3 Å². The third-order valence-electron chi connectivity index (χ3n) is 4.24. The number of carbonyl (C=O) groups excluding carboxylic acids is 1. The third kappa shape index (κ3) is 3.71. The molecule has 3 rings (SSSR count). The summed E-state index contributed by atoms with van der Waals surface area (Å²) in [5.74, 6) is -1.73. The van der Waals surface area contributed by atoms with Crippen molar-refractivity contribution in [1.29, 1.82) is 0 Å². The van der Waals surface area contributed by atoms with E-state index in [-0.39, 0.29) is 17.3 Å². The monoisotopic (exact) mass is 377 g/mol. The number of carboxylic acid groups (broad SMARTS) is 1. The van der Waals surface area contributed by atoms with E-state index in [1.54, 1.807) is 36.4 Å². The molecule has 0 bridgehead atoms. The molecule has 0 spiro atoms. The second-order valence-electron chi connectivity index (χ2n) is 6.20. The van der Waals surface area contributed by atoms with Gasteiger partial charge in [-0.2, -0.15) is 0 Å². The lowest BCUT2D eigenvalue weighted by atomic mass is 9.99. The summed E-state index contributed by atoms with van der Waals surface area (Å²) >= 11 is 0. The Morgan fingerprint density at radius 3 is 2.41 bits per heavy atom. The third-order valence-corrected chi connectivity index (χ3v) is 4.24. The van der Waals surface area contributed by atoms with Crippen molar-refractivity contribution in [3.63, 3.8) is 0 Å². The van der Waals surface area contributed by atoms with Gasteiger partial charge < -0.3 is 35.2 Å². The molecule has 5 N–H and O–H groups in total. The van der Waals surface area contributed by atoms with Gasteiger partial charge in [-0.05, 0) is 11.5 Å².